The minimum Gasteiger partial charge on any atom is -0.349 e. The minimum absolute atomic E-state index is 0.118. The van der Waals surface area contributed by atoms with Crippen molar-refractivity contribution < 1.29 is 0 Å². The maximum absolute atomic E-state index is 11.6. The molecule has 0 saturated carbocycles. The number of aromatic amines is 1. The van der Waals surface area contributed by atoms with Gasteiger partial charge < -0.3 is 15.6 Å². The summed E-state index contributed by atoms with van der Waals surface area (Å²) >= 11 is 0. The van der Waals surface area contributed by atoms with Gasteiger partial charge in [-0.2, -0.15) is 0 Å². The maximum Gasteiger partial charge on any atom is 0.290 e. The first-order valence-electron chi connectivity index (χ1n) is 5.95. The number of H-pyrrole nitrogens is 1. The van der Waals surface area contributed by atoms with Crippen LogP contribution in [0.5, 0.6) is 0 Å². The second-order valence-corrected chi connectivity index (χ2v) is 4.35. The summed E-state index contributed by atoms with van der Waals surface area (Å²) in [6, 6.07) is 0.402. The molecule has 1 atom stereocenters. The van der Waals surface area contributed by atoms with E-state index in [0.29, 0.717) is 18.4 Å². The van der Waals surface area contributed by atoms with Crippen LogP contribution in [0.25, 0.3) is 0 Å². The van der Waals surface area contributed by atoms with Crippen molar-refractivity contribution in [2.75, 3.05) is 37.6 Å². The molecule has 1 saturated heterocycles. The highest BCUT2D eigenvalue weighted by Gasteiger charge is 2.22. The maximum atomic E-state index is 11.6. The number of nitrogens with two attached hydrogens (primary N) is 1. The number of hydrogen-bond acceptors (Lipinski definition) is 5. The Hall–Kier alpha value is -1.40. The van der Waals surface area contributed by atoms with Gasteiger partial charge in [-0.1, -0.05) is 0 Å². The van der Waals surface area contributed by atoms with Gasteiger partial charge in [0.25, 0.3) is 5.56 Å². The Morgan fingerprint density at radius 2 is 2.18 bits per heavy atom. The first-order valence-corrected chi connectivity index (χ1v) is 5.95. The standard InChI is InChI=1S/C11H19N5O/c1-9(8-12)15-4-6-16(7-5-15)10-11(17)14-3-2-13-10/h2-3,9H,4-8,12H2,1H3,(H,14,17). The third kappa shape index (κ3) is 2.65. The molecule has 94 valence electrons. The summed E-state index contributed by atoms with van der Waals surface area (Å²) in [4.78, 5) is 22.7. The summed E-state index contributed by atoms with van der Waals surface area (Å²) in [5.74, 6) is 0.521. The third-order valence-corrected chi connectivity index (χ3v) is 3.27. The fraction of sp³-hybridized carbons (Fsp3) is 0.636. The average molecular weight is 237 g/mol. The van der Waals surface area contributed by atoms with Gasteiger partial charge in [-0.3, -0.25) is 9.69 Å². The van der Waals surface area contributed by atoms with E-state index in [0.717, 1.165) is 26.2 Å². The molecule has 0 radical (unpaired) electrons. The van der Waals surface area contributed by atoms with Crippen molar-refractivity contribution in [3.63, 3.8) is 0 Å². The molecule has 0 aromatic carbocycles. The van der Waals surface area contributed by atoms with Crippen LogP contribution < -0.4 is 16.2 Å². The van der Waals surface area contributed by atoms with E-state index in [4.69, 9.17) is 5.73 Å². The normalized spacial score (nSPS) is 19.3. The molecule has 1 aromatic rings. The van der Waals surface area contributed by atoms with E-state index in [2.05, 4.69) is 21.8 Å². The summed E-state index contributed by atoms with van der Waals surface area (Å²) < 4.78 is 0. The molecule has 0 spiro atoms. The van der Waals surface area contributed by atoms with Gasteiger partial charge in [-0.15, -0.1) is 0 Å². The van der Waals surface area contributed by atoms with Gasteiger partial charge in [-0.05, 0) is 6.92 Å². The molecule has 2 heterocycles. The van der Waals surface area contributed by atoms with Crippen molar-refractivity contribution >= 4 is 5.82 Å². The quantitative estimate of drug-likeness (QED) is 0.722. The van der Waals surface area contributed by atoms with Crippen LogP contribution in [0.15, 0.2) is 17.2 Å². The summed E-state index contributed by atoms with van der Waals surface area (Å²) in [7, 11) is 0. The molecule has 6 nitrogen and oxygen atoms in total. The van der Waals surface area contributed by atoms with E-state index in [9.17, 15) is 4.79 Å². The van der Waals surface area contributed by atoms with Crippen LogP contribution in [-0.2, 0) is 0 Å². The molecule has 0 aliphatic carbocycles. The van der Waals surface area contributed by atoms with E-state index < -0.39 is 0 Å². The van der Waals surface area contributed by atoms with Crippen molar-refractivity contribution in [3.8, 4) is 0 Å². The van der Waals surface area contributed by atoms with E-state index in [-0.39, 0.29) is 5.56 Å². The molecular weight excluding hydrogens is 218 g/mol. The number of hydrogen-bond donors (Lipinski definition) is 2. The van der Waals surface area contributed by atoms with Crippen molar-refractivity contribution in [3.05, 3.63) is 22.7 Å². The van der Waals surface area contributed by atoms with Gasteiger partial charge in [0.15, 0.2) is 5.82 Å². The monoisotopic (exact) mass is 237 g/mol. The lowest BCUT2D eigenvalue weighted by Crippen LogP contribution is -2.52. The molecule has 2 rings (SSSR count). The lowest BCUT2D eigenvalue weighted by atomic mass is 10.2. The first-order chi connectivity index (χ1) is 8.22. The molecule has 17 heavy (non-hydrogen) atoms. The number of rotatable bonds is 3. The van der Waals surface area contributed by atoms with Crippen LogP contribution in [0.2, 0.25) is 0 Å². The van der Waals surface area contributed by atoms with Gasteiger partial charge in [-0.25, -0.2) is 4.98 Å². The average Bonchev–Trinajstić information content (AvgIpc) is 2.39. The second-order valence-electron chi connectivity index (χ2n) is 4.35. The Bertz CT molecular complexity index is 410. The molecule has 1 aromatic heterocycles. The molecule has 0 amide bonds. The highest BCUT2D eigenvalue weighted by molar-refractivity contribution is 5.35. The van der Waals surface area contributed by atoms with E-state index >= 15 is 0 Å². The van der Waals surface area contributed by atoms with Crippen LogP contribution in [0, 0.1) is 0 Å². The van der Waals surface area contributed by atoms with Gasteiger partial charge in [0.1, 0.15) is 0 Å². The zero-order valence-electron chi connectivity index (χ0n) is 10.1. The molecule has 0 bridgehead atoms. The minimum atomic E-state index is -0.118. The van der Waals surface area contributed by atoms with Crippen LogP contribution in [0.1, 0.15) is 6.92 Å². The predicted octanol–water partition coefficient (Wildman–Crippen LogP) is -0.761. The molecule has 1 aliphatic heterocycles. The molecular formula is C11H19N5O. The Labute approximate surface area is 100 Å². The lowest BCUT2D eigenvalue weighted by molar-refractivity contribution is 0.201. The Morgan fingerprint density at radius 3 is 2.76 bits per heavy atom. The lowest BCUT2D eigenvalue weighted by Gasteiger charge is -2.37. The SMILES string of the molecule is CC(CN)N1CCN(c2ncc[nH]c2=O)CC1. The van der Waals surface area contributed by atoms with Crippen molar-refractivity contribution in [2.45, 2.75) is 13.0 Å². The van der Waals surface area contributed by atoms with Gasteiger partial charge >= 0.3 is 0 Å². The second kappa shape index (κ2) is 5.29. The van der Waals surface area contributed by atoms with Crippen LogP contribution in [-0.4, -0.2) is 53.6 Å². The molecule has 1 aliphatic rings. The highest BCUT2D eigenvalue weighted by atomic mass is 16.1. The highest BCUT2D eigenvalue weighted by Crippen LogP contribution is 2.09. The summed E-state index contributed by atoms with van der Waals surface area (Å²) in [6.07, 6.45) is 3.17. The Morgan fingerprint density at radius 1 is 1.47 bits per heavy atom. The Kier molecular flexibility index (Phi) is 3.75. The summed E-state index contributed by atoms with van der Waals surface area (Å²) in [5, 5.41) is 0. The largest absolute Gasteiger partial charge is 0.349 e. The predicted molar refractivity (Wildman–Crippen MR) is 67.2 cm³/mol. The molecule has 6 heteroatoms. The van der Waals surface area contributed by atoms with Gasteiger partial charge in [0.05, 0.1) is 0 Å². The van der Waals surface area contributed by atoms with Crippen LogP contribution >= 0.6 is 0 Å². The topological polar surface area (TPSA) is 78.2 Å². The fourth-order valence-electron chi connectivity index (χ4n) is 2.09. The zero-order chi connectivity index (χ0) is 12.3. The smallest absolute Gasteiger partial charge is 0.290 e. The third-order valence-electron chi connectivity index (χ3n) is 3.27. The van der Waals surface area contributed by atoms with E-state index in [1.165, 1.54) is 0 Å². The number of piperazine rings is 1. The van der Waals surface area contributed by atoms with Crippen molar-refractivity contribution in [1.29, 1.82) is 0 Å². The van der Waals surface area contributed by atoms with Crippen LogP contribution in [0.3, 0.4) is 0 Å². The number of aromatic nitrogens is 2. The van der Waals surface area contributed by atoms with Gasteiger partial charge in [0.2, 0.25) is 0 Å². The Balaban J connectivity index is 2.00. The molecule has 1 unspecified atom stereocenters. The van der Waals surface area contributed by atoms with E-state index in [1.54, 1.807) is 12.4 Å². The van der Waals surface area contributed by atoms with E-state index in [1.807, 2.05) is 4.90 Å². The molecule has 3 N–H and O–H groups in total. The van der Waals surface area contributed by atoms with Gasteiger partial charge in [0, 0.05) is 51.2 Å². The van der Waals surface area contributed by atoms with Crippen molar-refractivity contribution in [2.24, 2.45) is 5.73 Å². The summed E-state index contributed by atoms with van der Waals surface area (Å²) in [5.41, 5.74) is 5.53. The first kappa shape index (κ1) is 12.1. The molecule has 1 fully saturated rings. The number of nitrogens with one attached hydrogen (secondary N) is 1. The number of anilines is 1. The fourth-order valence-corrected chi connectivity index (χ4v) is 2.09. The zero-order valence-corrected chi connectivity index (χ0v) is 10.1. The summed E-state index contributed by atoms with van der Waals surface area (Å²) in [6.45, 7) is 6.30. The number of nitrogens with zero attached hydrogens (tertiary/aromatic N) is 3. The van der Waals surface area contributed by atoms with Crippen LogP contribution in [0.4, 0.5) is 5.82 Å². The van der Waals surface area contributed by atoms with Crippen molar-refractivity contribution in [1.82, 2.24) is 14.9 Å².